The van der Waals surface area contributed by atoms with Gasteiger partial charge < -0.3 is 9.88 Å². The van der Waals surface area contributed by atoms with Crippen molar-refractivity contribution in [3.8, 4) is 0 Å². The molecule has 0 bridgehead atoms. The predicted molar refractivity (Wildman–Crippen MR) is 70.9 cm³/mol. The predicted octanol–water partition coefficient (Wildman–Crippen LogP) is 2.00. The van der Waals surface area contributed by atoms with Gasteiger partial charge >= 0.3 is 5.69 Å². The van der Waals surface area contributed by atoms with E-state index < -0.39 is 4.92 Å². The van der Waals surface area contributed by atoms with Gasteiger partial charge in [0.05, 0.1) is 11.3 Å². The molecule has 2 aromatic heterocycles. The molecule has 7 nitrogen and oxygen atoms in total. The van der Waals surface area contributed by atoms with Crippen LogP contribution in [0.1, 0.15) is 12.5 Å². The van der Waals surface area contributed by atoms with Gasteiger partial charge in [-0.25, -0.2) is 9.97 Å². The number of nitrogens with zero attached hydrogens (tertiary/aromatic N) is 4. The minimum Gasteiger partial charge on any atom is -0.360 e. The summed E-state index contributed by atoms with van der Waals surface area (Å²) in [7, 11) is 0. The van der Waals surface area contributed by atoms with E-state index in [0.717, 1.165) is 0 Å². The monoisotopic (exact) mass is 261 g/mol. The fourth-order valence-electron chi connectivity index (χ4n) is 1.88. The van der Waals surface area contributed by atoms with E-state index in [1.165, 1.54) is 0 Å². The molecule has 0 fully saturated rings. The number of nitrogens with one attached hydrogen (secondary N) is 1. The van der Waals surface area contributed by atoms with Gasteiger partial charge in [-0.2, -0.15) is 0 Å². The van der Waals surface area contributed by atoms with E-state index >= 15 is 0 Å². The van der Waals surface area contributed by atoms with Crippen LogP contribution in [0, 0.1) is 17.0 Å². The molecule has 1 atom stereocenters. The van der Waals surface area contributed by atoms with E-state index in [4.69, 9.17) is 0 Å². The van der Waals surface area contributed by atoms with Crippen LogP contribution in [0.4, 0.5) is 11.5 Å². The lowest BCUT2D eigenvalue weighted by molar-refractivity contribution is -0.384. The zero-order valence-electron chi connectivity index (χ0n) is 10.8. The normalized spacial score (nSPS) is 12.1. The maximum atomic E-state index is 11.1. The highest BCUT2D eigenvalue weighted by atomic mass is 16.6. The first-order chi connectivity index (χ1) is 9.08. The zero-order valence-corrected chi connectivity index (χ0v) is 10.8. The number of anilines is 1. The van der Waals surface area contributed by atoms with Gasteiger partial charge in [-0.05, 0) is 19.9 Å². The molecule has 100 valence electrons. The molecule has 7 heteroatoms. The standard InChI is InChI=1S/C12H15N5O2/c1-9-3-4-14-12(11(9)17(18)19)15-10(2)7-16-6-5-13-8-16/h3-6,8,10H,7H2,1-2H3,(H,14,15). The highest BCUT2D eigenvalue weighted by Gasteiger charge is 2.19. The van der Waals surface area contributed by atoms with Crippen LogP contribution in [0.3, 0.4) is 0 Å². The number of hydrogen-bond acceptors (Lipinski definition) is 5. The van der Waals surface area contributed by atoms with Gasteiger partial charge in [0.25, 0.3) is 0 Å². The highest BCUT2D eigenvalue weighted by Crippen LogP contribution is 2.25. The number of aromatic nitrogens is 3. The van der Waals surface area contributed by atoms with Gasteiger partial charge in [0.15, 0.2) is 0 Å². The molecular formula is C12H15N5O2. The largest absolute Gasteiger partial charge is 0.360 e. The second kappa shape index (κ2) is 5.47. The Morgan fingerprint density at radius 1 is 1.53 bits per heavy atom. The van der Waals surface area contributed by atoms with Crippen LogP contribution in [0.15, 0.2) is 31.0 Å². The second-order valence-corrected chi connectivity index (χ2v) is 4.39. The van der Waals surface area contributed by atoms with E-state index in [0.29, 0.717) is 17.9 Å². The van der Waals surface area contributed by atoms with Crippen LogP contribution in [-0.2, 0) is 6.54 Å². The lowest BCUT2D eigenvalue weighted by atomic mass is 10.2. The number of rotatable bonds is 5. The Morgan fingerprint density at radius 3 is 2.95 bits per heavy atom. The summed E-state index contributed by atoms with van der Waals surface area (Å²) >= 11 is 0. The Labute approximate surface area is 110 Å². The molecule has 2 aromatic rings. The van der Waals surface area contributed by atoms with Gasteiger partial charge in [-0.3, -0.25) is 10.1 Å². The molecule has 0 aliphatic carbocycles. The van der Waals surface area contributed by atoms with Crippen molar-refractivity contribution in [3.05, 3.63) is 46.7 Å². The van der Waals surface area contributed by atoms with Gasteiger partial charge in [0, 0.05) is 36.7 Å². The number of imidazole rings is 1. The second-order valence-electron chi connectivity index (χ2n) is 4.39. The molecular weight excluding hydrogens is 246 g/mol. The van der Waals surface area contributed by atoms with Crippen molar-refractivity contribution in [2.24, 2.45) is 0 Å². The molecule has 19 heavy (non-hydrogen) atoms. The lowest BCUT2D eigenvalue weighted by Crippen LogP contribution is -2.22. The van der Waals surface area contributed by atoms with Crippen LogP contribution >= 0.6 is 0 Å². The molecule has 0 amide bonds. The molecule has 0 aliphatic rings. The number of aryl methyl sites for hydroxylation is 1. The van der Waals surface area contributed by atoms with Crippen LogP contribution in [0.25, 0.3) is 0 Å². The highest BCUT2D eigenvalue weighted by molar-refractivity contribution is 5.60. The fraction of sp³-hybridized carbons (Fsp3) is 0.333. The van der Waals surface area contributed by atoms with Crippen LogP contribution in [0.2, 0.25) is 0 Å². The average Bonchev–Trinajstić information content (AvgIpc) is 2.81. The van der Waals surface area contributed by atoms with Crippen molar-refractivity contribution >= 4 is 11.5 Å². The van der Waals surface area contributed by atoms with E-state index in [2.05, 4.69) is 15.3 Å². The van der Waals surface area contributed by atoms with Crippen molar-refractivity contribution in [2.45, 2.75) is 26.4 Å². The Bertz CT molecular complexity index is 568. The Balaban J connectivity index is 2.14. The summed E-state index contributed by atoms with van der Waals surface area (Å²) in [5, 5.41) is 14.1. The quantitative estimate of drug-likeness (QED) is 0.657. The van der Waals surface area contributed by atoms with Crippen molar-refractivity contribution in [2.75, 3.05) is 5.32 Å². The third kappa shape index (κ3) is 3.06. The molecule has 0 aliphatic heterocycles. The first-order valence-corrected chi connectivity index (χ1v) is 5.90. The Morgan fingerprint density at radius 2 is 2.32 bits per heavy atom. The summed E-state index contributed by atoms with van der Waals surface area (Å²) in [5.74, 6) is 0.303. The van der Waals surface area contributed by atoms with Gasteiger partial charge in [0.1, 0.15) is 0 Å². The summed E-state index contributed by atoms with van der Waals surface area (Å²) < 4.78 is 1.90. The summed E-state index contributed by atoms with van der Waals surface area (Å²) in [6.45, 7) is 4.30. The van der Waals surface area contributed by atoms with Gasteiger partial charge in [0.2, 0.25) is 5.82 Å². The molecule has 1 unspecified atom stereocenters. The molecule has 0 spiro atoms. The number of nitro groups is 1. The van der Waals surface area contributed by atoms with E-state index in [-0.39, 0.29) is 11.7 Å². The van der Waals surface area contributed by atoms with Crippen molar-refractivity contribution in [1.82, 2.24) is 14.5 Å². The van der Waals surface area contributed by atoms with Crippen LogP contribution < -0.4 is 5.32 Å². The third-order valence-electron chi connectivity index (χ3n) is 2.74. The van der Waals surface area contributed by atoms with E-state index in [9.17, 15) is 10.1 Å². The van der Waals surface area contributed by atoms with Gasteiger partial charge in [-0.15, -0.1) is 0 Å². The van der Waals surface area contributed by atoms with Crippen LogP contribution in [-0.4, -0.2) is 25.5 Å². The molecule has 0 radical (unpaired) electrons. The van der Waals surface area contributed by atoms with Gasteiger partial charge in [-0.1, -0.05) is 0 Å². The topological polar surface area (TPSA) is 85.9 Å². The number of hydrogen-bond donors (Lipinski definition) is 1. The zero-order chi connectivity index (χ0) is 13.8. The minimum absolute atomic E-state index is 0.00204. The van der Waals surface area contributed by atoms with Crippen LogP contribution in [0.5, 0.6) is 0 Å². The number of pyridine rings is 1. The molecule has 0 saturated heterocycles. The van der Waals surface area contributed by atoms with Crippen molar-refractivity contribution < 1.29 is 4.92 Å². The summed E-state index contributed by atoms with van der Waals surface area (Å²) in [6, 6.07) is 1.63. The molecule has 2 heterocycles. The maximum Gasteiger partial charge on any atom is 0.314 e. The third-order valence-corrected chi connectivity index (χ3v) is 2.74. The molecule has 2 rings (SSSR count). The molecule has 0 saturated carbocycles. The summed E-state index contributed by atoms with van der Waals surface area (Å²) in [5.41, 5.74) is 0.623. The Hall–Kier alpha value is -2.44. The molecule has 0 aromatic carbocycles. The van der Waals surface area contributed by atoms with Crippen molar-refractivity contribution in [1.29, 1.82) is 0 Å². The summed E-state index contributed by atoms with van der Waals surface area (Å²) in [4.78, 5) is 18.6. The molecule has 1 N–H and O–H groups in total. The van der Waals surface area contributed by atoms with E-state index in [1.54, 1.807) is 31.7 Å². The minimum atomic E-state index is -0.408. The van der Waals surface area contributed by atoms with Crippen molar-refractivity contribution in [3.63, 3.8) is 0 Å². The average molecular weight is 261 g/mol. The first-order valence-electron chi connectivity index (χ1n) is 5.90. The van der Waals surface area contributed by atoms with E-state index in [1.807, 2.05) is 17.7 Å². The first kappa shape index (κ1) is 13.0. The SMILES string of the molecule is Cc1ccnc(NC(C)Cn2ccnc2)c1[N+](=O)[O-]. The summed E-state index contributed by atoms with van der Waals surface area (Å²) in [6.07, 6.45) is 6.81. The Kier molecular flexibility index (Phi) is 3.74. The fourth-order valence-corrected chi connectivity index (χ4v) is 1.88. The lowest BCUT2D eigenvalue weighted by Gasteiger charge is -2.15. The smallest absolute Gasteiger partial charge is 0.314 e. The maximum absolute atomic E-state index is 11.1.